The molecule has 2 rings (SSSR count). The maximum Gasteiger partial charge on any atom is 0.273 e. The first-order chi connectivity index (χ1) is 8.61. The van der Waals surface area contributed by atoms with Crippen molar-refractivity contribution in [2.24, 2.45) is 5.41 Å². The van der Waals surface area contributed by atoms with Crippen molar-refractivity contribution in [1.82, 2.24) is 15.6 Å². The predicted octanol–water partition coefficient (Wildman–Crippen LogP) is 0.907. The second kappa shape index (κ2) is 5.35. The van der Waals surface area contributed by atoms with E-state index in [1.54, 1.807) is 6.07 Å². The van der Waals surface area contributed by atoms with Crippen molar-refractivity contribution >= 4 is 5.91 Å². The lowest BCUT2D eigenvalue weighted by Crippen LogP contribution is -2.43. The zero-order valence-electron chi connectivity index (χ0n) is 10.6. The molecule has 5 heteroatoms. The summed E-state index contributed by atoms with van der Waals surface area (Å²) in [6.07, 6.45) is 3.59. The van der Waals surface area contributed by atoms with E-state index in [0.29, 0.717) is 6.54 Å². The Morgan fingerprint density at radius 1 is 1.56 bits per heavy atom. The van der Waals surface area contributed by atoms with Gasteiger partial charge in [-0.15, -0.1) is 0 Å². The summed E-state index contributed by atoms with van der Waals surface area (Å²) in [6.45, 7) is 4.76. The van der Waals surface area contributed by atoms with E-state index < -0.39 is 0 Å². The van der Waals surface area contributed by atoms with Crippen LogP contribution < -0.4 is 10.6 Å². The number of carbonyl (C=O) groups excluding carboxylic acids is 1. The molecule has 0 spiro atoms. The van der Waals surface area contributed by atoms with Gasteiger partial charge in [-0.2, -0.15) is 0 Å². The molecule has 1 fully saturated rings. The topological polar surface area (TPSA) is 74.2 Å². The van der Waals surface area contributed by atoms with Crippen molar-refractivity contribution in [2.45, 2.75) is 19.8 Å². The Kier molecular flexibility index (Phi) is 3.81. The van der Waals surface area contributed by atoms with Crippen LogP contribution in [0.15, 0.2) is 18.3 Å². The van der Waals surface area contributed by atoms with Gasteiger partial charge in [-0.1, -0.05) is 6.92 Å². The van der Waals surface area contributed by atoms with Gasteiger partial charge in [-0.25, -0.2) is 4.98 Å². The molecule has 3 N–H and O–H groups in total. The molecule has 18 heavy (non-hydrogen) atoms. The molecule has 1 amide bonds. The van der Waals surface area contributed by atoms with Crippen LogP contribution in [0.1, 0.15) is 30.3 Å². The molecule has 0 aliphatic carbocycles. The molecule has 0 bridgehead atoms. The summed E-state index contributed by atoms with van der Waals surface area (Å²) in [5, 5.41) is 15.7. The lowest BCUT2D eigenvalue weighted by Gasteiger charge is -2.34. The van der Waals surface area contributed by atoms with Gasteiger partial charge in [0.25, 0.3) is 5.91 Å². The van der Waals surface area contributed by atoms with Gasteiger partial charge in [0.1, 0.15) is 5.75 Å². The van der Waals surface area contributed by atoms with Gasteiger partial charge in [0.2, 0.25) is 0 Å². The first-order valence-corrected chi connectivity index (χ1v) is 6.24. The number of carbonyl (C=O) groups is 1. The number of hydrogen-bond donors (Lipinski definition) is 3. The summed E-state index contributed by atoms with van der Waals surface area (Å²) in [6, 6.07) is 3.06. The molecule has 0 unspecified atom stereocenters. The van der Waals surface area contributed by atoms with E-state index in [9.17, 15) is 9.90 Å². The van der Waals surface area contributed by atoms with Crippen LogP contribution in [-0.4, -0.2) is 35.6 Å². The number of nitrogens with zero attached hydrogens (tertiary/aromatic N) is 1. The number of nitrogens with one attached hydrogen (secondary N) is 2. The van der Waals surface area contributed by atoms with Crippen LogP contribution in [0.25, 0.3) is 0 Å². The van der Waals surface area contributed by atoms with Gasteiger partial charge in [-0.3, -0.25) is 4.79 Å². The van der Waals surface area contributed by atoms with Crippen molar-refractivity contribution in [2.75, 3.05) is 19.6 Å². The highest BCUT2D eigenvalue weighted by Crippen LogP contribution is 2.26. The molecule has 1 aromatic rings. The molecule has 5 nitrogen and oxygen atoms in total. The first kappa shape index (κ1) is 12.8. The molecule has 0 radical (unpaired) electrons. The number of hydrogen-bond acceptors (Lipinski definition) is 4. The van der Waals surface area contributed by atoms with Gasteiger partial charge < -0.3 is 15.7 Å². The Morgan fingerprint density at radius 2 is 2.28 bits per heavy atom. The predicted molar refractivity (Wildman–Crippen MR) is 68.4 cm³/mol. The SMILES string of the molecule is CC1(CNC(=O)c2ncccc2O)CCNCC1. The number of aromatic nitrogens is 1. The molecule has 2 heterocycles. The third kappa shape index (κ3) is 2.98. The molecule has 0 saturated carbocycles. The van der Waals surface area contributed by atoms with Crippen LogP contribution >= 0.6 is 0 Å². The van der Waals surface area contributed by atoms with Gasteiger partial charge >= 0.3 is 0 Å². The second-order valence-corrected chi connectivity index (χ2v) is 5.11. The van der Waals surface area contributed by atoms with E-state index in [1.165, 1.54) is 12.3 Å². The Balaban J connectivity index is 1.94. The van der Waals surface area contributed by atoms with Gasteiger partial charge in [0.15, 0.2) is 5.69 Å². The quantitative estimate of drug-likeness (QED) is 0.744. The van der Waals surface area contributed by atoms with Crippen LogP contribution in [0.5, 0.6) is 5.75 Å². The standard InChI is InChI=1S/C13H19N3O2/c1-13(4-7-14-8-5-13)9-16-12(18)11-10(17)3-2-6-15-11/h2-3,6,14,17H,4-5,7-9H2,1H3,(H,16,18). The molecular formula is C13H19N3O2. The smallest absolute Gasteiger partial charge is 0.273 e. The van der Waals surface area contributed by atoms with Crippen LogP contribution in [0.2, 0.25) is 0 Å². The molecule has 1 aliphatic rings. The summed E-state index contributed by atoms with van der Waals surface area (Å²) in [5.41, 5.74) is 0.223. The minimum absolute atomic E-state index is 0.0783. The Hall–Kier alpha value is -1.62. The highest BCUT2D eigenvalue weighted by atomic mass is 16.3. The second-order valence-electron chi connectivity index (χ2n) is 5.11. The van der Waals surface area contributed by atoms with Crippen LogP contribution in [0, 0.1) is 5.41 Å². The Labute approximate surface area is 107 Å². The van der Waals surface area contributed by atoms with E-state index in [1.807, 2.05) is 0 Å². The lowest BCUT2D eigenvalue weighted by atomic mass is 9.81. The Bertz CT molecular complexity index is 428. The summed E-state index contributed by atoms with van der Waals surface area (Å²) < 4.78 is 0. The highest BCUT2D eigenvalue weighted by molar-refractivity contribution is 5.94. The summed E-state index contributed by atoms with van der Waals surface area (Å²) >= 11 is 0. The molecule has 1 aliphatic heterocycles. The van der Waals surface area contributed by atoms with E-state index in [0.717, 1.165) is 25.9 Å². The molecule has 1 aromatic heterocycles. The fourth-order valence-electron chi connectivity index (χ4n) is 2.16. The van der Waals surface area contributed by atoms with Crippen molar-refractivity contribution in [3.8, 4) is 5.75 Å². The first-order valence-electron chi connectivity index (χ1n) is 6.24. The summed E-state index contributed by atoms with van der Waals surface area (Å²) in [7, 11) is 0. The third-order valence-corrected chi connectivity index (χ3v) is 3.49. The third-order valence-electron chi connectivity index (χ3n) is 3.49. The summed E-state index contributed by atoms with van der Waals surface area (Å²) in [5.74, 6) is -0.390. The average Bonchev–Trinajstić information content (AvgIpc) is 2.38. The van der Waals surface area contributed by atoms with E-state index in [4.69, 9.17) is 0 Å². The number of pyridine rings is 1. The molecule has 0 aromatic carbocycles. The number of piperidine rings is 1. The minimum Gasteiger partial charge on any atom is -0.505 e. The molecular weight excluding hydrogens is 230 g/mol. The number of amides is 1. The molecule has 0 atom stereocenters. The monoisotopic (exact) mass is 249 g/mol. The fraction of sp³-hybridized carbons (Fsp3) is 0.538. The Morgan fingerprint density at radius 3 is 2.94 bits per heavy atom. The normalized spacial score (nSPS) is 18.3. The maximum atomic E-state index is 11.9. The fourth-order valence-corrected chi connectivity index (χ4v) is 2.16. The molecule has 98 valence electrons. The number of aromatic hydroxyl groups is 1. The average molecular weight is 249 g/mol. The summed E-state index contributed by atoms with van der Waals surface area (Å²) in [4.78, 5) is 15.8. The van der Waals surface area contributed by atoms with Gasteiger partial charge in [-0.05, 0) is 43.5 Å². The van der Waals surface area contributed by atoms with Crippen molar-refractivity contribution in [3.63, 3.8) is 0 Å². The van der Waals surface area contributed by atoms with Crippen molar-refractivity contribution < 1.29 is 9.90 Å². The van der Waals surface area contributed by atoms with Crippen LogP contribution in [0.4, 0.5) is 0 Å². The highest BCUT2D eigenvalue weighted by Gasteiger charge is 2.27. The van der Waals surface area contributed by atoms with Crippen LogP contribution in [0.3, 0.4) is 0 Å². The zero-order chi connectivity index (χ0) is 13.0. The largest absolute Gasteiger partial charge is 0.505 e. The minimum atomic E-state index is -0.312. The lowest BCUT2D eigenvalue weighted by molar-refractivity contribution is 0.0914. The van der Waals surface area contributed by atoms with E-state index in [-0.39, 0.29) is 22.8 Å². The van der Waals surface area contributed by atoms with E-state index in [2.05, 4.69) is 22.5 Å². The number of rotatable bonds is 3. The van der Waals surface area contributed by atoms with Gasteiger partial charge in [0.05, 0.1) is 0 Å². The van der Waals surface area contributed by atoms with Gasteiger partial charge in [0, 0.05) is 12.7 Å². The maximum absolute atomic E-state index is 11.9. The molecule has 1 saturated heterocycles. The van der Waals surface area contributed by atoms with Crippen molar-refractivity contribution in [1.29, 1.82) is 0 Å². The van der Waals surface area contributed by atoms with E-state index >= 15 is 0 Å². The zero-order valence-corrected chi connectivity index (χ0v) is 10.6. The van der Waals surface area contributed by atoms with Crippen LogP contribution in [-0.2, 0) is 0 Å². The van der Waals surface area contributed by atoms with Crippen molar-refractivity contribution in [3.05, 3.63) is 24.0 Å².